The van der Waals surface area contributed by atoms with Gasteiger partial charge in [-0.15, -0.1) is 0 Å². The molecule has 0 atom stereocenters. The summed E-state index contributed by atoms with van der Waals surface area (Å²) in [5.74, 6) is 1.14. The van der Waals surface area contributed by atoms with Crippen LogP contribution in [0.25, 0.3) is 0 Å². The van der Waals surface area contributed by atoms with Gasteiger partial charge in [0, 0.05) is 25.6 Å². The topological polar surface area (TPSA) is 33.2 Å². The van der Waals surface area contributed by atoms with Crippen molar-refractivity contribution in [2.45, 2.75) is 33.2 Å². The average Bonchev–Trinajstić information content (AvgIpc) is 2.46. The number of hydrogen-bond acceptors (Lipinski definition) is 3. The van der Waals surface area contributed by atoms with Crippen LogP contribution < -0.4 is 4.90 Å². The molecule has 0 saturated heterocycles. The highest BCUT2D eigenvalue weighted by atomic mass is 16.1. The molecule has 1 heterocycles. The molecule has 1 aliphatic carbocycles. The summed E-state index contributed by atoms with van der Waals surface area (Å²) in [7, 11) is 2.04. The largest absolute Gasteiger partial charge is 0.355 e. The Kier molecular flexibility index (Phi) is 3.73. The molecule has 0 saturated carbocycles. The lowest BCUT2D eigenvalue weighted by molar-refractivity contribution is 0.0910. The number of fused-ring (bicyclic) bond motifs is 1. The minimum Gasteiger partial charge on any atom is -0.355 e. The zero-order valence-corrected chi connectivity index (χ0v) is 13.5. The second-order valence-corrected chi connectivity index (χ2v) is 6.95. The number of benzene rings is 1. The Labute approximate surface area is 132 Å². The molecule has 1 aromatic carbocycles. The normalized spacial score (nSPS) is 16.2. The third kappa shape index (κ3) is 3.03. The van der Waals surface area contributed by atoms with Crippen LogP contribution in [-0.4, -0.2) is 17.8 Å². The SMILES string of the molecule is CN(Cc1ccccc1)c1ccc2c(n1)CC(C)(C)CC2=O. The maximum absolute atomic E-state index is 12.2. The fourth-order valence-electron chi connectivity index (χ4n) is 3.08. The first kappa shape index (κ1) is 14.8. The number of anilines is 1. The Morgan fingerprint density at radius 3 is 2.55 bits per heavy atom. The summed E-state index contributed by atoms with van der Waals surface area (Å²) in [4.78, 5) is 19.1. The number of ketones is 1. The van der Waals surface area contributed by atoms with Crippen LogP contribution in [-0.2, 0) is 13.0 Å². The first-order valence-electron chi connectivity index (χ1n) is 7.73. The maximum atomic E-state index is 12.2. The average molecular weight is 294 g/mol. The van der Waals surface area contributed by atoms with Gasteiger partial charge in [0.05, 0.1) is 5.69 Å². The minimum absolute atomic E-state index is 0.00765. The van der Waals surface area contributed by atoms with E-state index in [1.54, 1.807) is 0 Å². The summed E-state index contributed by atoms with van der Waals surface area (Å²) in [5.41, 5.74) is 3.00. The molecule has 0 N–H and O–H groups in total. The van der Waals surface area contributed by atoms with Crippen molar-refractivity contribution in [3.63, 3.8) is 0 Å². The van der Waals surface area contributed by atoms with Crippen molar-refractivity contribution in [2.24, 2.45) is 5.41 Å². The summed E-state index contributed by atoms with van der Waals surface area (Å²) in [6.07, 6.45) is 1.47. The van der Waals surface area contributed by atoms with Gasteiger partial charge in [0.15, 0.2) is 5.78 Å². The van der Waals surface area contributed by atoms with E-state index in [-0.39, 0.29) is 11.2 Å². The predicted octanol–water partition coefficient (Wildman–Crippen LogP) is 3.87. The number of rotatable bonds is 3. The summed E-state index contributed by atoms with van der Waals surface area (Å²) in [6.45, 7) is 5.08. The third-order valence-electron chi connectivity index (χ3n) is 4.20. The zero-order valence-electron chi connectivity index (χ0n) is 13.5. The molecule has 0 bridgehead atoms. The van der Waals surface area contributed by atoms with E-state index in [9.17, 15) is 4.79 Å². The molecule has 0 aliphatic heterocycles. The monoisotopic (exact) mass is 294 g/mol. The van der Waals surface area contributed by atoms with Crippen LogP contribution >= 0.6 is 0 Å². The zero-order chi connectivity index (χ0) is 15.7. The smallest absolute Gasteiger partial charge is 0.165 e. The summed E-state index contributed by atoms with van der Waals surface area (Å²) in [6, 6.07) is 14.2. The van der Waals surface area contributed by atoms with Gasteiger partial charge in [-0.1, -0.05) is 44.2 Å². The molecule has 2 aromatic rings. The van der Waals surface area contributed by atoms with E-state index in [0.717, 1.165) is 30.0 Å². The molecule has 0 amide bonds. The van der Waals surface area contributed by atoms with Crippen LogP contribution in [0.5, 0.6) is 0 Å². The molecule has 1 aromatic heterocycles. The van der Waals surface area contributed by atoms with Gasteiger partial charge < -0.3 is 4.90 Å². The molecule has 3 nitrogen and oxygen atoms in total. The van der Waals surface area contributed by atoms with E-state index in [4.69, 9.17) is 4.98 Å². The number of Topliss-reactive ketones (excluding diaryl/α,β-unsaturated/α-hetero) is 1. The van der Waals surface area contributed by atoms with Crippen molar-refractivity contribution >= 4 is 11.6 Å². The van der Waals surface area contributed by atoms with Gasteiger partial charge in [-0.2, -0.15) is 0 Å². The molecule has 3 rings (SSSR count). The minimum atomic E-state index is 0.00765. The second kappa shape index (κ2) is 5.56. The summed E-state index contributed by atoms with van der Waals surface area (Å²) < 4.78 is 0. The maximum Gasteiger partial charge on any atom is 0.165 e. The van der Waals surface area contributed by atoms with Gasteiger partial charge in [-0.25, -0.2) is 4.98 Å². The fraction of sp³-hybridized carbons (Fsp3) is 0.368. The molecule has 0 unspecified atom stereocenters. The quantitative estimate of drug-likeness (QED) is 0.861. The van der Waals surface area contributed by atoms with Crippen LogP contribution in [0.3, 0.4) is 0 Å². The van der Waals surface area contributed by atoms with Gasteiger partial charge in [-0.3, -0.25) is 4.79 Å². The van der Waals surface area contributed by atoms with E-state index >= 15 is 0 Å². The van der Waals surface area contributed by atoms with Crippen molar-refractivity contribution in [3.05, 3.63) is 59.3 Å². The molecule has 1 aliphatic rings. The molecular weight excluding hydrogens is 272 g/mol. The van der Waals surface area contributed by atoms with Gasteiger partial charge in [0.2, 0.25) is 0 Å². The van der Waals surface area contributed by atoms with Crippen LogP contribution in [0.2, 0.25) is 0 Å². The number of carbonyl (C=O) groups excluding carboxylic acids is 1. The van der Waals surface area contributed by atoms with E-state index < -0.39 is 0 Å². The van der Waals surface area contributed by atoms with Crippen LogP contribution in [0.1, 0.15) is 41.9 Å². The lowest BCUT2D eigenvalue weighted by atomic mass is 9.76. The Balaban J connectivity index is 1.85. The van der Waals surface area contributed by atoms with Crippen molar-refractivity contribution < 1.29 is 4.79 Å². The Morgan fingerprint density at radius 1 is 1.09 bits per heavy atom. The second-order valence-electron chi connectivity index (χ2n) is 6.95. The first-order chi connectivity index (χ1) is 10.4. The third-order valence-corrected chi connectivity index (χ3v) is 4.20. The van der Waals surface area contributed by atoms with Gasteiger partial charge in [0.25, 0.3) is 0 Å². The lowest BCUT2D eigenvalue weighted by Gasteiger charge is -2.30. The number of nitrogens with zero attached hydrogens (tertiary/aromatic N) is 2. The molecule has 22 heavy (non-hydrogen) atoms. The van der Waals surface area contributed by atoms with Crippen LogP contribution in [0.4, 0.5) is 5.82 Å². The Morgan fingerprint density at radius 2 is 1.82 bits per heavy atom. The number of aromatic nitrogens is 1. The number of pyridine rings is 1. The number of hydrogen-bond donors (Lipinski definition) is 0. The van der Waals surface area contributed by atoms with Crippen LogP contribution in [0.15, 0.2) is 42.5 Å². The highest BCUT2D eigenvalue weighted by Crippen LogP contribution is 2.34. The molecule has 0 fully saturated rings. The van der Waals surface area contributed by atoms with Gasteiger partial charge >= 0.3 is 0 Å². The Hall–Kier alpha value is -2.16. The van der Waals surface area contributed by atoms with Crippen molar-refractivity contribution in [1.29, 1.82) is 0 Å². The van der Waals surface area contributed by atoms with Gasteiger partial charge in [-0.05, 0) is 29.5 Å². The van der Waals surface area contributed by atoms with E-state index in [2.05, 4.69) is 30.9 Å². The summed E-state index contributed by atoms with van der Waals surface area (Å²) in [5, 5.41) is 0. The van der Waals surface area contributed by atoms with Crippen molar-refractivity contribution in [3.8, 4) is 0 Å². The first-order valence-corrected chi connectivity index (χ1v) is 7.73. The molecule has 114 valence electrons. The molecule has 3 heteroatoms. The molecular formula is C19H22N2O. The van der Waals surface area contributed by atoms with Crippen molar-refractivity contribution in [2.75, 3.05) is 11.9 Å². The lowest BCUT2D eigenvalue weighted by Crippen LogP contribution is -2.28. The van der Waals surface area contributed by atoms with Crippen molar-refractivity contribution in [1.82, 2.24) is 4.98 Å². The predicted molar refractivity (Wildman–Crippen MR) is 89.2 cm³/mol. The molecule has 0 spiro atoms. The highest BCUT2D eigenvalue weighted by Gasteiger charge is 2.32. The van der Waals surface area contributed by atoms with Crippen LogP contribution in [0, 0.1) is 5.41 Å². The summed E-state index contributed by atoms with van der Waals surface area (Å²) >= 11 is 0. The molecule has 0 radical (unpaired) electrons. The van der Waals surface area contributed by atoms with E-state index in [1.807, 2.05) is 37.4 Å². The van der Waals surface area contributed by atoms with Gasteiger partial charge in [0.1, 0.15) is 5.82 Å². The highest BCUT2D eigenvalue weighted by molar-refractivity contribution is 5.98. The van der Waals surface area contributed by atoms with E-state index in [1.165, 1.54) is 5.56 Å². The van der Waals surface area contributed by atoms with E-state index in [0.29, 0.717) is 6.42 Å². The fourth-order valence-corrected chi connectivity index (χ4v) is 3.08. The number of carbonyl (C=O) groups is 1. The standard InChI is InChI=1S/C19H22N2O/c1-19(2)11-16-15(17(22)12-19)9-10-18(20-16)21(3)13-14-7-5-4-6-8-14/h4-10H,11-13H2,1-3H3. The Bertz CT molecular complexity index is 692.